The van der Waals surface area contributed by atoms with Crippen LogP contribution in [0.4, 0.5) is 16.0 Å². The fourth-order valence-electron chi connectivity index (χ4n) is 4.51. The van der Waals surface area contributed by atoms with Crippen molar-refractivity contribution in [2.24, 2.45) is 10.7 Å². The van der Waals surface area contributed by atoms with Gasteiger partial charge in [-0.3, -0.25) is 9.79 Å². The summed E-state index contributed by atoms with van der Waals surface area (Å²) in [6.45, 7) is 0.791. The number of carbonyl (C=O) groups is 1. The van der Waals surface area contributed by atoms with Gasteiger partial charge in [0.05, 0.1) is 18.0 Å². The van der Waals surface area contributed by atoms with E-state index in [9.17, 15) is 4.79 Å². The molecular formula is C29H26ClFN6O. The smallest absolute Gasteiger partial charge is 0.251 e. The van der Waals surface area contributed by atoms with Crippen LogP contribution in [0.5, 0.6) is 0 Å². The SMILES string of the molecule is CNC(=O)c1ccc(Nc2ncc3c(n2)-c2ccc(Cl)cc2C(c2c(F)cccc2CCCN)=NC3)cc1. The lowest BCUT2D eigenvalue weighted by Crippen LogP contribution is -2.17. The molecule has 192 valence electrons. The lowest BCUT2D eigenvalue weighted by atomic mass is 9.91. The Morgan fingerprint density at radius 3 is 2.68 bits per heavy atom. The fourth-order valence-corrected chi connectivity index (χ4v) is 4.68. The van der Waals surface area contributed by atoms with Gasteiger partial charge in [-0.15, -0.1) is 0 Å². The minimum atomic E-state index is -0.344. The predicted molar refractivity (Wildman–Crippen MR) is 149 cm³/mol. The Labute approximate surface area is 225 Å². The number of aliphatic imine (C=N–C) groups is 1. The van der Waals surface area contributed by atoms with E-state index < -0.39 is 0 Å². The molecule has 0 bridgehead atoms. The van der Waals surface area contributed by atoms with Gasteiger partial charge in [-0.25, -0.2) is 14.4 Å². The number of rotatable bonds is 7. The van der Waals surface area contributed by atoms with Gasteiger partial charge in [0.15, 0.2) is 0 Å². The molecule has 5 rings (SSSR count). The molecule has 0 radical (unpaired) electrons. The summed E-state index contributed by atoms with van der Waals surface area (Å²) >= 11 is 6.42. The first-order valence-electron chi connectivity index (χ1n) is 12.3. The van der Waals surface area contributed by atoms with Crippen LogP contribution in [0, 0.1) is 5.82 Å². The van der Waals surface area contributed by atoms with E-state index in [0.29, 0.717) is 52.0 Å². The van der Waals surface area contributed by atoms with Gasteiger partial charge in [0, 0.05) is 51.8 Å². The molecule has 1 aliphatic heterocycles. The molecule has 3 aromatic carbocycles. The highest BCUT2D eigenvalue weighted by Gasteiger charge is 2.25. The maximum Gasteiger partial charge on any atom is 0.251 e. The number of carbonyl (C=O) groups excluding carboxylic acids is 1. The topological polar surface area (TPSA) is 105 Å². The van der Waals surface area contributed by atoms with E-state index >= 15 is 4.39 Å². The number of anilines is 2. The molecule has 2 heterocycles. The molecule has 0 saturated heterocycles. The van der Waals surface area contributed by atoms with E-state index in [1.807, 2.05) is 12.1 Å². The monoisotopic (exact) mass is 528 g/mol. The van der Waals surface area contributed by atoms with Crippen molar-refractivity contribution in [3.63, 3.8) is 0 Å². The number of halogens is 2. The molecule has 0 aliphatic carbocycles. The molecule has 4 N–H and O–H groups in total. The molecular weight excluding hydrogens is 503 g/mol. The zero-order valence-electron chi connectivity index (χ0n) is 20.8. The average Bonchev–Trinajstić information content (AvgIpc) is 3.08. The summed E-state index contributed by atoms with van der Waals surface area (Å²) in [5.41, 5.74) is 11.8. The fraction of sp³-hybridized carbons (Fsp3) is 0.172. The van der Waals surface area contributed by atoms with E-state index in [0.717, 1.165) is 28.8 Å². The van der Waals surface area contributed by atoms with Crippen LogP contribution < -0.4 is 16.4 Å². The van der Waals surface area contributed by atoms with E-state index in [2.05, 4.69) is 15.6 Å². The number of aromatic nitrogens is 2. The second-order valence-corrected chi connectivity index (χ2v) is 9.31. The van der Waals surface area contributed by atoms with Gasteiger partial charge >= 0.3 is 0 Å². The first-order chi connectivity index (χ1) is 18.5. The zero-order valence-corrected chi connectivity index (χ0v) is 21.5. The van der Waals surface area contributed by atoms with Crippen molar-refractivity contribution < 1.29 is 9.18 Å². The molecule has 1 aliphatic rings. The lowest BCUT2D eigenvalue weighted by molar-refractivity contribution is 0.0963. The van der Waals surface area contributed by atoms with Crippen LogP contribution in [0.3, 0.4) is 0 Å². The second-order valence-electron chi connectivity index (χ2n) is 8.87. The molecule has 9 heteroatoms. The third-order valence-electron chi connectivity index (χ3n) is 6.38. The largest absolute Gasteiger partial charge is 0.355 e. The Hall–Kier alpha value is -4.14. The standard InChI is InChI=1S/C29H26ClFN6O/c1-33-28(38)18-7-10-21(11-8-18)36-29-35-16-19-15-34-27(23-14-20(30)9-12-22(23)26(19)37-29)25-17(5-3-13-32)4-2-6-24(25)31/h2,4,6-12,14,16H,3,5,13,15,32H2,1H3,(H,33,38)(H,35,36,37). The Bertz CT molecular complexity index is 1540. The van der Waals surface area contributed by atoms with Gasteiger partial charge in [-0.05, 0) is 67.4 Å². The van der Waals surface area contributed by atoms with Crippen LogP contribution in [-0.4, -0.2) is 35.2 Å². The average molecular weight is 529 g/mol. The zero-order chi connectivity index (χ0) is 26.6. The number of hydrogen-bond acceptors (Lipinski definition) is 6. The summed E-state index contributed by atoms with van der Waals surface area (Å²) in [6, 6.07) is 17.6. The van der Waals surface area contributed by atoms with Gasteiger partial charge in [-0.2, -0.15) is 0 Å². The number of nitrogens with two attached hydrogens (primary N) is 1. The molecule has 0 atom stereocenters. The van der Waals surface area contributed by atoms with E-state index in [4.69, 9.17) is 27.3 Å². The van der Waals surface area contributed by atoms with Crippen molar-refractivity contribution in [1.29, 1.82) is 0 Å². The van der Waals surface area contributed by atoms with E-state index in [-0.39, 0.29) is 18.3 Å². The molecule has 1 amide bonds. The highest BCUT2D eigenvalue weighted by molar-refractivity contribution is 6.31. The maximum absolute atomic E-state index is 15.3. The number of fused-ring (bicyclic) bond motifs is 3. The number of hydrogen-bond donors (Lipinski definition) is 3. The van der Waals surface area contributed by atoms with Crippen LogP contribution in [0.25, 0.3) is 11.3 Å². The highest BCUT2D eigenvalue weighted by atomic mass is 35.5. The molecule has 0 saturated carbocycles. The van der Waals surface area contributed by atoms with Gasteiger partial charge in [0.25, 0.3) is 5.91 Å². The number of aryl methyl sites for hydroxylation is 1. The van der Waals surface area contributed by atoms with Gasteiger partial charge < -0.3 is 16.4 Å². The van der Waals surface area contributed by atoms with Crippen molar-refractivity contribution in [2.45, 2.75) is 19.4 Å². The molecule has 38 heavy (non-hydrogen) atoms. The summed E-state index contributed by atoms with van der Waals surface area (Å²) in [4.78, 5) is 26.0. The van der Waals surface area contributed by atoms with Gasteiger partial charge in [-0.1, -0.05) is 29.8 Å². The van der Waals surface area contributed by atoms with Crippen molar-refractivity contribution in [3.05, 3.63) is 106 Å². The molecule has 4 aromatic rings. The van der Waals surface area contributed by atoms with E-state index in [1.165, 1.54) is 6.07 Å². The van der Waals surface area contributed by atoms with Crippen LogP contribution in [0.15, 0.2) is 71.9 Å². The predicted octanol–water partition coefficient (Wildman–Crippen LogP) is 5.28. The van der Waals surface area contributed by atoms with Gasteiger partial charge in [0.1, 0.15) is 5.82 Å². The maximum atomic E-state index is 15.3. The Morgan fingerprint density at radius 2 is 1.92 bits per heavy atom. The Morgan fingerprint density at radius 1 is 1.11 bits per heavy atom. The van der Waals surface area contributed by atoms with Crippen molar-refractivity contribution in [1.82, 2.24) is 15.3 Å². The third-order valence-corrected chi connectivity index (χ3v) is 6.62. The van der Waals surface area contributed by atoms with Crippen LogP contribution in [0.2, 0.25) is 5.02 Å². The second kappa shape index (κ2) is 11.1. The third kappa shape index (κ3) is 5.14. The quantitative estimate of drug-likeness (QED) is 0.302. The van der Waals surface area contributed by atoms with Crippen molar-refractivity contribution >= 4 is 34.9 Å². The van der Waals surface area contributed by atoms with Crippen LogP contribution >= 0.6 is 11.6 Å². The number of amides is 1. The number of nitrogens with zero attached hydrogens (tertiary/aromatic N) is 3. The summed E-state index contributed by atoms with van der Waals surface area (Å²) < 4.78 is 15.3. The minimum Gasteiger partial charge on any atom is -0.355 e. The summed E-state index contributed by atoms with van der Waals surface area (Å²) in [5.74, 6) is -0.121. The number of nitrogens with one attached hydrogen (secondary N) is 2. The molecule has 1 aromatic heterocycles. The van der Waals surface area contributed by atoms with Crippen molar-refractivity contribution in [3.8, 4) is 11.3 Å². The first kappa shape index (κ1) is 25.5. The van der Waals surface area contributed by atoms with E-state index in [1.54, 1.807) is 55.7 Å². The molecule has 7 nitrogen and oxygen atoms in total. The van der Waals surface area contributed by atoms with Crippen molar-refractivity contribution in [2.75, 3.05) is 18.9 Å². The summed E-state index contributed by atoms with van der Waals surface area (Å²) in [5, 5.41) is 6.32. The van der Waals surface area contributed by atoms with Gasteiger partial charge in [0.2, 0.25) is 5.95 Å². The summed E-state index contributed by atoms with van der Waals surface area (Å²) in [6.07, 6.45) is 3.10. The first-order valence-corrected chi connectivity index (χ1v) is 12.6. The van der Waals surface area contributed by atoms with Crippen LogP contribution in [-0.2, 0) is 13.0 Å². The minimum absolute atomic E-state index is 0.162. The normalized spacial score (nSPS) is 12.2. The Kier molecular flexibility index (Phi) is 7.44. The summed E-state index contributed by atoms with van der Waals surface area (Å²) in [7, 11) is 1.59. The van der Waals surface area contributed by atoms with Crippen LogP contribution in [0.1, 0.15) is 39.0 Å². The highest BCUT2D eigenvalue weighted by Crippen LogP contribution is 2.35. The Balaban J connectivity index is 1.56. The molecule has 0 unspecified atom stereocenters. The molecule has 0 spiro atoms. The lowest BCUT2D eigenvalue weighted by Gasteiger charge is -2.16. The molecule has 0 fully saturated rings. The number of benzene rings is 3.